The number of benzene rings is 3. The van der Waals surface area contributed by atoms with Gasteiger partial charge in [0.15, 0.2) is 0 Å². The van der Waals surface area contributed by atoms with Gasteiger partial charge < -0.3 is 9.72 Å². The maximum atomic E-state index is 13.7. The lowest BCUT2D eigenvalue weighted by molar-refractivity contribution is 0.0711. The number of hydrogen-bond donors (Lipinski definition) is 1. The molecule has 6 rings (SSSR count). The van der Waals surface area contributed by atoms with Crippen molar-refractivity contribution in [1.29, 1.82) is 0 Å². The van der Waals surface area contributed by atoms with Crippen LogP contribution in [-0.4, -0.2) is 33.7 Å². The summed E-state index contributed by atoms with van der Waals surface area (Å²) in [6.07, 6.45) is 3.52. The molecule has 0 saturated heterocycles. The van der Waals surface area contributed by atoms with E-state index in [9.17, 15) is 9.59 Å². The highest BCUT2D eigenvalue weighted by Gasteiger charge is 2.36. The van der Waals surface area contributed by atoms with E-state index < -0.39 is 6.04 Å². The number of nitrogens with one attached hydrogen (secondary N) is 1. The fraction of sp³-hybridized carbons (Fsp3) is 0.0968. The van der Waals surface area contributed by atoms with E-state index in [1.54, 1.807) is 31.6 Å². The van der Waals surface area contributed by atoms with Crippen LogP contribution >= 0.6 is 15.9 Å². The largest absolute Gasteiger partial charge is 0.497 e. The zero-order chi connectivity index (χ0) is 26.9. The third kappa shape index (κ3) is 4.64. The highest BCUT2D eigenvalue weighted by atomic mass is 79.9. The van der Waals surface area contributed by atoms with Crippen molar-refractivity contribution in [3.8, 4) is 16.9 Å². The summed E-state index contributed by atoms with van der Waals surface area (Å²) >= 11 is 3.58. The van der Waals surface area contributed by atoms with Gasteiger partial charge in [-0.2, -0.15) is 5.10 Å². The first-order chi connectivity index (χ1) is 19.0. The van der Waals surface area contributed by atoms with Gasteiger partial charge in [0, 0.05) is 45.3 Å². The van der Waals surface area contributed by atoms with Gasteiger partial charge in [-0.05, 0) is 53.6 Å². The number of fused-ring (bicyclic) bond motifs is 1. The first-order valence-electron chi connectivity index (χ1n) is 12.4. The molecule has 2 aromatic heterocycles. The van der Waals surface area contributed by atoms with Gasteiger partial charge in [-0.1, -0.05) is 58.4 Å². The monoisotopic (exact) mass is 578 g/mol. The molecule has 1 aliphatic heterocycles. The molecule has 7 nitrogen and oxygen atoms in total. The molecule has 0 fully saturated rings. The molecular weight excluding hydrogens is 556 g/mol. The molecule has 3 aromatic carbocycles. The van der Waals surface area contributed by atoms with Crippen molar-refractivity contribution in [2.45, 2.75) is 12.5 Å². The Morgan fingerprint density at radius 1 is 0.974 bits per heavy atom. The van der Waals surface area contributed by atoms with Crippen molar-refractivity contribution >= 4 is 38.5 Å². The number of amides is 1. The maximum Gasteiger partial charge on any atom is 0.274 e. The second-order valence-corrected chi connectivity index (χ2v) is 10.1. The molecule has 0 radical (unpaired) electrons. The molecule has 1 atom stereocenters. The molecule has 8 heteroatoms. The fourth-order valence-corrected chi connectivity index (χ4v) is 5.37. The SMILES string of the molecule is COc1ccc([C@H]2CC(c3c(-c4ccccc4)c4cc(Br)ccc4[nH]c3=O)=NN2C(=O)c2ccncc2)cc1. The lowest BCUT2D eigenvalue weighted by Gasteiger charge is -2.22. The number of aromatic nitrogens is 2. The number of hydrazone groups is 1. The van der Waals surface area contributed by atoms with Crippen molar-refractivity contribution in [3.05, 3.63) is 129 Å². The lowest BCUT2D eigenvalue weighted by atomic mass is 9.91. The van der Waals surface area contributed by atoms with Crippen molar-refractivity contribution in [1.82, 2.24) is 15.0 Å². The minimum absolute atomic E-state index is 0.255. The van der Waals surface area contributed by atoms with Gasteiger partial charge >= 0.3 is 0 Å². The summed E-state index contributed by atoms with van der Waals surface area (Å²) in [5.41, 5.74) is 4.49. The highest BCUT2D eigenvalue weighted by molar-refractivity contribution is 9.10. The molecule has 0 unspecified atom stereocenters. The normalized spacial score (nSPS) is 14.9. The summed E-state index contributed by atoms with van der Waals surface area (Å²) in [4.78, 5) is 34.5. The fourth-order valence-electron chi connectivity index (χ4n) is 5.01. The Balaban J connectivity index is 1.56. The van der Waals surface area contributed by atoms with Crippen molar-refractivity contribution < 1.29 is 9.53 Å². The zero-order valence-corrected chi connectivity index (χ0v) is 22.6. The van der Waals surface area contributed by atoms with Crippen LogP contribution in [0.4, 0.5) is 0 Å². The second-order valence-electron chi connectivity index (χ2n) is 9.19. The molecule has 0 spiro atoms. The van der Waals surface area contributed by atoms with E-state index in [2.05, 4.69) is 25.9 Å². The quantitative estimate of drug-likeness (QED) is 0.263. The number of H-pyrrole nitrogens is 1. The number of carbonyl (C=O) groups excluding carboxylic acids is 1. The molecule has 1 amide bonds. The lowest BCUT2D eigenvalue weighted by Crippen LogP contribution is -2.27. The summed E-state index contributed by atoms with van der Waals surface area (Å²) in [7, 11) is 1.61. The summed E-state index contributed by atoms with van der Waals surface area (Å²) in [6, 6.07) is 26.1. The second kappa shape index (κ2) is 10.3. The van der Waals surface area contributed by atoms with Crippen molar-refractivity contribution in [2.75, 3.05) is 7.11 Å². The number of pyridine rings is 2. The smallest absolute Gasteiger partial charge is 0.274 e. The van der Waals surface area contributed by atoms with E-state index in [1.165, 1.54) is 5.01 Å². The Morgan fingerprint density at radius 2 is 1.72 bits per heavy atom. The van der Waals surface area contributed by atoms with Crippen LogP contribution in [0.15, 0.2) is 112 Å². The predicted octanol–water partition coefficient (Wildman–Crippen LogP) is 6.35. The molecular formula is C31H23BrN4O3. The molecule has 0 saturated carbocycles. The van der Waals surface area contributed by atoms with Crippen molar-refractivity contribution in [2.24, 2.45) is 5.10 Å². The van der Waals surface area contributed by atoms with E-state index in [4.69, 9.17) is 9.84 Å². The van der Waals surface area contributed by atoms with Gasteiger partial charge in [-0.15, -0.1) is 0 Å². The van der Waals surface area contributed by atoms with E-state index in [-0.39, 0.29) is 11.5 Å². The Bertz CT molecular complexity index is 1770. The van der Waals surface area contributed by atoms with Gasteiger partial charge in [0.05, 0.1) is 24.4 Å². The zero-order valence-electron chi connectivity index (χ0n) is 21.0. The molecule has 0 bridgehead atoms. The highest BCUT2D eigenvalue weighted by Crippen LogP contribution is 2.38. The minimum Gasteiger partial charge on any atom is -0.497 e. The number of hydrogen-bond acceptors (Lipinski definition) is 5. The molecule has 3 heterocycles. The number of rotatable bonds is 5. The van der Waals surface area contributed by atoms with Gasteiger partial charge in [-0.25, -0.2) is 5.01 Å². The number of halogens is 1. The van der Waals surface area contributed by atoms with E-state index in [1.807, 2.05) is 72.8 Å². The van der Waals surface area contributed by atoms with Crippen LogP contribution in [0.5, 0.6) is 5.75 Å². The maximum absolute atomic E-state index is 13.7. The molecule has 5 aromatic rings. The van der Waals surface area contributed by atoms with Crippen LogP contribution < -0.4 is 10.3 Å². The standard InChI is InChI=1S/C31H23BrN4O3/c1-39-23-10-7-19(8-11-23)27-18-26(35-36(27)31(38)21-13-15-33-16-14-21)29-28(20-5-3-2-4-6-20)24-17-22(32)9-12-25(24)34-30(29)37/h2-17,27H,18H2,1H3,(H,34,37)/t27-/m1/s1. The number of aromatic amines is 1. The van der Waals surface area contributed by atoms with Crippen LogP contribution in [-0.2, 0) is 0 Å². The van der Waals surface area contributed by atoms with E-state index >= 15 is 0 Å². The predicted molar refractivity (Wildman–Crippen MR) is 155 cm³/mol. The topological polar surface area (TPSA) is 87.7 Å². The average Bonchev–Trinajstić information content (AvgIpc) is 3.42. The van der Waals surface area contributed by atoms with Crippen LogP contribution in [0.25, 0.3) is 22.0 Å². The molecule has 39 heavy (non-hydrogen) atoms. The third-order valence-corrected chi connectivity index (χ3v) is 7.37. The van der Waals surface area contributed by atoms with Gasteiger partial charge in [0.2, 0.25) is 0 Å². The Labute approximate surface area is 232 Å². The minimum atomic E-state index is -0.409. The van der Waals surface area contributed by atoms with E-state index in [0.29, 0.717) is 29.0 Å². The summed E-state index contributed by atoms with van der Waals surface area (Å²) in [5.74, 6) is 0.447. The van der Waals surface area contributed by atoms with Gasteiger partial charge in [0.25, 0.3) is 11.5 Å². The summed E-state index contributed by atoms with van der Waals surface area (Å²) in [5, 5.41) is 7.19. The first-order valence-corrected chi connectivity index (χ1v) is 13.2. The van der Waals surface area contributed by atoms with Crippen LogP contribution in [0, 0.1) is 0 Å². The first kappa shape index (κ1) is 24.8. The third-order valence-electron chi connectivity index (χ3n) is 6.87. The average molecular weight is 579 g/mol. The van der Waals surface area contributed by atoms with Crippen LogP contribution in [0.2, 0.25) is 0 Å². The Morgan fingerprint density at radius 3 is 2.44 bits per heavy atom. The summed E-state index contributed by atoms with van der Waals surface area (Å²) in [6.45, 7) is 0. The number of nitrogens with zero attached hydrogens (tertiary/aromatic N) is 3. The summed E-state index contributed by atoms with van der Waals surface area (Å²) < 4.78 is 6.22. The molecule has 192 valence electrons. The molecule has 0 aliphatic carbocycles. The van der Waals surface area contributed by atoms with Crippen LogP contribution in [0.1, 0.15) is 33.9 Å². The Hall–Kier alpha value is -4.56. The van der Waals surface area contributed by atoms with Gasteiger partial charge in [-0.3, -0.25) is 14.6 Å². The van der Waals surface area contributed by atoms with Crippen LogP contribution in [0.3, 0.4) is 0 Å². The number of carbonyl (C=O) groups is 1. The molecule has 1 aliphatic rings. The number of ether oxygens (including phenoxy) is 1. The van der Waals surface area contributed by atoms with Gasteiger partial charge in [0.1, 0.15) is 5.75 Å². The number of methoxy groups -OCH3 is 1. The van der Waals surface area contributed by atoms with Crippen molar-refractivity contribution in [3.63, 3.8) is 0 Å². The van der Waals surface area contributed by atoms with E-state index in [0.717, 1.165) is 32.1 Å². The Kier molecular flexibility index (Phi) is 6.54. The molecule has 1 N–H and O–H groups in total.